The molecule has 66 valence electrons. The molecule has 0 N–H and O–H groups in total. The van der Waals surface area contributed by atoms with Gasteiger partial charge in [-0.2, -0.15) is 0 Å². The Kier molecular flexibility index (Phi) is 2.45. The third-order valence-corrected chi connectivity index (χ3v) is 2.50. The van der Waals surface area contributed by atoms with E-state index in [4.69, 9.17) is 0 Å². The van der Waals surface area contributed by atoms with Crippen molar-refractivity contribution >= 4 is 22.8 Å². The average Bonchev–Trinajstić information content (AvgIpc) is 2.18. The Balaban J connectivity index is 2.49. The number of benzene rings is 1. The molecule has 0 spiro atoms. The molecule has 2 rings (SSSR count). The number of aromatic nitrogens is 2. The van der Waals surface area contributed by atoms with Crippen LogP contribution in [-0.4, -0.2) is 15.7 Å². The van der Waals surface area contributed by atoms with E-state index in [-0.39, 0.29) is 0 Å². The molecule has 0 atom stereocenters. The summed E-state index contributed by atoms with van der Waals surface area (Å²) in [5.74, 6) is 1.03. The number of hydrogen-bond donors (Lipinski definition) is 0. The minimum Gasteiger partial charge on any atom is -0.252 e. The van der Waals surface area contributed by atoms with Crippen LogP contribution in [0.4, 0.5) is 0 Å². The van der Waals surface area contributed by atoms with Gasteiger partial charge in [-0.1, -0.05) is 19.1 Å². The SMILES string of the molecule is CCSc1cnc2ccccc2n1. The second kappa shape index (κ2) is 3.75. The highest BCUT2D eigenvalue weighted by atomic mass is 32.2. The van der Waals surface area contributed by atoms with E-state index in [0.717, 1.165) is 21.8 Å². The lowest BCUT2D eigenvalue weighted by atomic mass is 10.3. The number of rotatable bonds is 2. The van der Waals surface area contributed by atoms with Crippen molar-refractivity contribution in [3.05, 3.63) is 30.5 Å². The van der Waals surface area contributed by atoms with E-state index < -0.39 is 0 Å². The van der Waals surface area contributed by atoms with Crippen molar-refractivity contribution in [2.24, 2.45) is 0 Å². The Morgan fingerprint density at radius 3 is 2.77 bits per heavy atom. The zero-order valence-corrected chi connectivity index (χ0v) is 8.21. The van der Waals surface area contributed by atoms with E-state index in [2.05, 4.69) is 16.9 Å². The Labute approximate surface area is 81.4 Å². The minimum absolute atomic E-state index is 0.961. The molecule has 0 fully saturated rings. The van der Waals surface area contributed by atoms with Crippen LogP contribution in [-0.2, 0) is 0 Å². The van der Waals surface area contributed by atoms with Crippen molar-refractivity contribution < 1.29 is 0 Å². The molecule has 0 aliphatic heterocycles. The Morgan fingerprint density at radius 2 is 2.00 bits per heavy atom. The van der Waals surface area contributed by atoms with Gasteiger partial charge in [-0.05, 0) is 17.9 Å². The number of hydrogen-bond acceptors (Lipinski definition) is 3. The van der Waals surface area contributed by atoms with Gasteiger partial charge in [0.25, 0.3) is 0 Å². The molecule has 2 aromatic rings. The van der Waals surface area contributed by atoms with Gasteiger partial charge in [-0.3, -0.25) is 4.98 Å². The molecule has 0 unspecified atom stereocenters. The molecule has 1 aromatic carbocycles. The van der Waals surface area contributed by atoms with Gasteiger partial charge in [0, 0.05) is 0 Å². The molecule has 0 saturated carbocycles. The molecular weight excluding hydrogens is 180 g/mol. The van der Waals surface area contributed by atoms with Crippen LogP contribution in [0, 0.1) is 0 Å². The summed E-state index contributed by atoms with van der Waals surface area (Å²) < 4.78 is 0. The predicted octanol–water partition coefficient (Wildman–Crippen LogP) is 2.74. The highest BCUT2D eigenvalue weighted by Gasteiger charge is 1.97. The Hall–Kier alpha value is -1.09. The molecule has 1 aromatic heterocycles. The van der Waals surface area contributed by atoms with Crippen LogP contribution >= 0.6 is 11.8 Å². The summed E-state index contributed by atoms with van der Waals surface area (Å²) in [4.78, 5) is 8.78. The van der Waals surface area contributed by atoms with E-state index in [0.29, 0.717) is 0 Å². The molecule has 0 aliphatic carbocycles. The molecule has 0 bridgehead atoms. The number of thioether (sulfide) groups is 1. The molecule has 3 heteroatoms. The third-order valence-electron chi connectivity index (χ3n) is 1.72. The van der Waals surface area contributed by atoms with E-state index in [1.807, 2.05) is 30.5 Å². The molecule has 0 aliphatic rings. The van der Waals surface area contributed by atoms with Crippen molar-refractivity contribution in [3.63, 3.8) is 0 Å². The number of para-hydroxylation sites is 2. The van der Waals surface area contributed by atoms with Crippen molar-refractivity contribution in [1.29, 1.82) is 0 Å². The molecule has 2 nitrogen and oxygen atoms in total. The first kappa shape index (κ1) is 8.51. The summed E-state index contributed by atoms with van der Waals surface area (Å²) in [6.07, 6.45) is 1.83. The molecule has 13 heavy (non-hydrogen) atoms. The molecule has 1 heterocycles. The van der Waals surface area contributed by atoms with Gasteiger partial charge in [-0.15, -0.1) is 11.8 Å². The van der Waals surface area contributed by atoms with Crippen LogP contribution in [0.15, 0.2) is 35.5 Å². The maximum atomic E-state index is 4.47. The summed E-state index contributed by atoms with van der Waals surface area (Å²) in [5, 5.41) is 1.00. The van der Waals surface area contributed by atoms with Crippen molar-refractivity contribution in [2.75, 3.05) is 5.75 Å². The van der Waals surface area contributed by atoms with Crippen LogP contribution in [0.3, 0.4) is 0 Å². The quantitative estimate of drug-likeness (QED) is 0.681. The fourth-order valence-corrected chi connectivity index (χ4v) is 1.74. The van der Waals surface area contributed by atoms with Crippen molar-refractivity contribution in [2.45, 2.75) is 11.9 Å². The van der Waals surface area contributed by atoms with Crippen molar-refractivity contribution in [3.8, 4) is 0 Å². The van der Waals surface area contributed by atoms with Gasteiger partial charge in [0.15, 0.2) is 0 Å². The lowest BCUT2D eigenvalue weighted by Crippen LogP contribution is -1.85. The second-order valence-corrected chi connectivity index (χ2v) is 3.91. The van der Waals surface area contributed by atoms with Gasteiger partial charge >= 0.3 is 0 Å². The monoisotopic (exact) mass is 190 g/mol. The summed E-state index contributed by atoms with van der Waals surface area (Å²) in [6, 6.07) is 7.92. The maximum absolute atomic E-state index is 4.47. The fourth-order valence-electron chi connectivity index (χ4n) is 1.16. The van der Waals surface area contributed by atoms with Gasteiger partial charge in [0.2, 0.25) is 0 Å². The maximum Gasteiger partial charge on any atom is 0.115 e. The summed E-state index contributed by atoms with van der Waals surface area (Å²) in [6.45, 7) is 2.11. The first-order chi connectivity index (χ1) is 6.40. The average molecular weight is 190 g/mol. The van der Waals surface area contributed by atoms with Crippen LogP contribution in [0.5, 0.6) is 0 Å². The van der Waals surface area contributed by atoms with Crippen LogP contribution in [0.2, 0.25) is 0 Å². The first-order valence-electron chi connectivity index (χ1n) is 4.24. The molecule has 0 amide bonds. The smallest absolute Gasteiger partial charge is 0.115 e. The van der Waals surface area contributed by atoms with Crippen LogP contribution in [0.1, 0.15) is 6.92 Å². The van der Waals surface area contributed by atoms with Crippen LogP contribution < -0.4 is 0 Å². The Bertz CT molecular complexity index is 414. The molecule has 0 radical (unpaired) electrons. The molecule has 0 saturated heterocycles. The second-order valence-electron chi connectivity index (χ2n) is 2.63. The summed E-state index contributed by atoms with van der Waals surface area (Å²) in [7, 11) is 0. The van der Waals surface area contributed by atoms with E-state index in [9.17, 15) is 0 Å². The zero-order chi connectivity index (χ0) is 9.10. The standard InChI is InChI=1S/C10H10N2S/c1-2-13-10-7-11-8-5-3-4-6-9(8)12-10/h3-7H,2H2,1H3. The van der Waals surface area contributed by atoms with Crippen LogP contribution in [0.25, 0.3) is 11.0 Å². The largest absolute Gasteiger partial charge is 0.252 e. The first-order valence-corrected chi connectivity index (χ1v) is 5.23. The zero-order valence-electron chi connectivity index (χ0n) is 7.40. The van der Waals surface area contributed by atoms with Gasteiger partial charge < -0.3 is 0 Å². The normalized spacial score (nSPS) is 10.5. The van der Waals surface area contributed by atoms with Gasteiger partial charge in [-0.25, -0.2) is 4.98 Å². The lowest BCUT2D eigenvalue weighted by molar-refractivity contribution is 1.12. The van der Waals surface area contributed by atoms with Gasteiger partial charge in [0.1, 0.15) is 5.03 Å². The predicted molar refractivity (Wildman–Crippen MR) is 55.9 cm³/mol. The fraction of sp³-hybridized carbons (Fsp3) is 0.200. The Morgan fingerprint density at radius 1 is 1.23 bits per heavy atom. The topological polar surface area (TPSA) is 25.8 Å². The molecular formula is C10H10N2S. The lowest BCUT2D eigenvalue weighted by Gasteiger charge is -1.98. The van der Waals surface area contributed by atoms with E-state index >= 15 is 0 Å². The minimum atomic E-state index is 0.961. The van der Waals surface area contributed by atoms with E-state index in [1.54, 1.807) is 11.8 Å². The number of nitrogens with zero attached hydrogens (tertiary/aromatic N) is 2. The number of fused-ring (bicyclic) bond motifs is 1. The van der Waals surface area contributed by atoms with Gasteiger partial charge in [0.05, 0.1) is 17.2 Å². The highest BCUT2D eigenvalue weighted by Crippen LogP contribution is 2.16. The summed E-state index contributed by atoms with van der Waals surface area (Å²) >= 11 is 1.72. The summed E-state index contributed by atoms with van der Waals surface area (Å²) in [5.41, 5.74) is 1.93. The third kappa shape index (κ3) is 1.80. The highest BCUT2D eigenvalue weighted by molar-refractivity contribution is 7.99. The van der Waals surface area contributed by atoms with E-state index in [1.165, 1.54) is 0 Å². The van der Waals surface area contributed by atoms with Crippen molar-refractivity contribution in [1.82, 2.24) is 9.97 Å².